The van der Waals surface area contributed by atoms with Crippen LogP contribution in [0.4, 0.5) is 6.01 Å². The molecule has 5 rings (SSSR count). The number of aryl methyl sites for hydroxylation is 1. The lowest BCUT2D eigenvalue weighted by atomic mass is 9.74. The molecule has 2 aromatic heterocycles. The molecule has 2 fully saturated rings. The number of hydrogen-bond acceptors (Lipinski definition) is 10. The van der Waals surface area contributed by atoms with Crippen molar-refractivity contribution in [1.29, 1.82) is 0 Å². The SMILES string of the molecule is Cc1cc(-c2nnc(NCC3OCCO3)o2)nc2c1=CC(OCC1OCCO1)C(C)C=2C(C)(C)C. The molecule has 0 bridgehead atoms. The minimum absolute atomic E-state index is 0.102. The topological polar surface area (TPSA) is 110 Å². The molecular weight excluding hydrogens is 452 g/mol. The Balaban J connectivity index is 1.45. The zero-order chi connectivity index (χ0) is 24.6. The zero-order valence-corrected chi connectivity index (χ0v) is 21.0. The van der Waals surface area contributed by atoms with Crippen molar-refractivity contribution in [3.8, 4) is 11.6 Å². The van der Waals surface area contributed by atoms with Crippen LogP contribution in [0, 0.1) is 18.3 Å². The molecule has 1 N–H and O–H groups in total. The number of rotatable bonds is 7. The summed E-state index contributed by atoms with van der Waals surface area (Å²) < 4.78 is 34.1. The van der Waals surface area contributed by atoms with Crippen molar-refractivity contribution >= 4 is 17.7 Å². The first-order valence-electron chi connectivity index (χ1n) is 12.2. The van der Waals surface area contributed by atoms with E-state index < -0.39 is 0 Å². The van der Waals surface area contributed by atoms with Gasteiger partial charge in [0.1, 0.15) is 5.69 Å². The Labute approximate surface area is 204 Å². The lowest BCUT2D eigenvalue weighted by Gasteiger charge is -2.35. The summed E-state index contributed by atoms with van der Waals surface area (Å²) in [7, 11) is 0. The van der Waals surface area contributed by atoms with Crippen molar-refractivity contribution in [3.63, 3.8) is 0 Å². The fraction of sp³-hybridized carbons (Fsp3) is 0.640. The number of fused-ring (bicyclic) bond motifs is 1. The molecule has 35 heavy (non-hydrogen) atoms. The second kappa shape index (κ2) is 9.94. The first kappa shape index (κ1) is 24.3. The first-order chi connectivity index (χ1) is 16.8. The van der Waals surface area contributed by atoms with Crippen LogP contribution in [0.5, 0.6) is 0 Å². The second-order valence-electron chi connectivity index (χ2n) is 10.1. The third-order valence-electron chi connectivity index (χ3n) is 6.48. The Morgan fingerprint density at radius 1 is 1.03 bits per heavy atom. The van der Waals surface area contributed by atoms with E-state index in [2.05, 4.69) is 56.2 Å². The predicted molar refractivity (Wildman–Crippen MR) is 128 cm³/mol. The number of hydrogen-bond donors (Lipinski definition) is 1. The number of ether oxygens (including phenoxy) is 5. The minimum atomic E-state index is -0.308. The molecule has 10 nitrogen and oxygen atoms in total. The molecule has 0 amide bonds. The Morgan fingerprint density at radius 3 is 2.40 bits per heavy atom. The van der Waals surface area contributed by atoms with E-state index >= 15 is 0 Å². The smallest absolute Gasteiger partial charge is 0.315 e. The zero-order valence-electron chi connectivity index (χ0n) is 21.0. The lowest BCUT2D eigenvalue weighted by molar-refractivity contribution is -0.106. The van der Waals surface area contributed by atoms with Gasteiger partial charge in [0.25, 0.3) is 5.89 Å². The number of aromatic nitrogens is 3. The molecule has 2 unspecified atom stereocenters. The molecule has 0 spiro atoms. The summed E-state index contributed by atoms with van der Waals surface area (Å²) in [6, 6.07) is 2.29. The van der Waals surface area contributed by atoms with Crippen molar-refractivity contribution in [2.45, 2.75) is 53.3 Å². The molecule has 0 saturated carbocycles. The van der Waals surface area contributed by atoms with Gasteiger partial charge in [0.05, 0.1) is 51.0 Å². The van der Waals surface area contributed by atoms with Crippen LogP contribution >= 0.6 is 0 Å². The van der Waals surface area contributed by atoms with Crippen LogP contribution in [0.25, 0.3) is 23.2 Å². The monoisotopic (exact) mass is 486 g/mol. The third-order valence-corrected chi connectivity index (χ3v) is 6.48. The van der Waals surface area contributed by atoms with Gasteiger partial charge in [0.2, 0.25) is 0 Å². The maximum Gasteiger partial charge on any atom is 0.315 e. The van der Waals surface area contributed by atoms with Crippen LogP contribution in [0.3, 0.4) is 0 Å². The van der Waals surface area contributed by atoms with E-state index in [0.29, 0.717) is 57.2 Å². The van der Waals surface area contributed by atoms with E-state index in [9.17, 15) is 0 Å². The highest BCUT2D eigenvalue weighted by Crippen LogP contribution is 2.36. The molecular formula is C25H34N4O6. The van der Waals surface area contributed by atoms with Crippen LogP contribution in [0.2, 0.25) is 0 Å². The van der Waals surface area contributed by atoms with Gasteiger partial charge in [-0.05, 0) is 35.6 Å². The molecule has 2 aromatic rings. The molecule has 4 heterocycles. The lowest BCUT2D eigenvalue weighted by Crippen LogP contribution is -2.46. The van der Waals surface area contributed by atoms with Crippen molar-refractivity contribution in [1.82, 2.24) is 15.2 Å². The Morgan fingerprint density at radius 2 is 1.71 bits per heavy atom. The van der Waals surface area contributed by atoms with Gasteiger partial charge in [-0.3, -0.25) is 0 Å². The minimum Gasteiger partial charge on any atom is -0.402 e. The maximum absolute atomic E-state index is 6.28. The van der Waals surface area contributed by atoms with Crippen LogP contribution < -0.4 is 15.9 Å². The number of nitrogens with one attached hydrogen (secondary N) is 1. The summed E-state index contributed by atoms with van der Waals surface area (Å²) in [6.45, 7) is 14.1. The van der Waals surface area contributed by atoms with E-state index in [1.54, 1.807) is 0 Å². The van der Waals surface area contributed by atoms with Gasteiger partial charge in [0.15, 0.2) is 12.6 Å². The van der Waals surface area contributed by atoms with Gasteiger partial charge in [-0.15, -0.1) is 5.10 Å². The summed E-state index contributed by atoms with van der Waals surface area (Å²) in [5, 5.41) is 13.4. The molecule has 0 aromatic carbocycles. The summed E-state index contributed by atoms with van der Waals surface area (Å²) in [5.41, 5.74) is 2.82. The summed E-state index contributed by atoms with van der Waals surface area (Å²) in [6.07, 6.45) is 1.45. The average molecular weight is 487 g/mol. The molecule has 3 aliphatic rings. The predicted octanol–water partition coefficient (Wildman–Crippen LogP) is 1.61. The second-order valence-corrected chi connectivity index (χ2v) is 10.1. The molecule has 2 aliphatic heterocycles. The fourth-order valence-electron chi connectivity index (χ4n) is 4.91. The van der Waals surface area contributed by atoms with Crippen LogP contribution in [0.1, 0.15) is 33.3 Å². The Bertz CT molecular complexity index is 1160. The first-order valence-corrected chi connectivity index (χ1v) is 12.2. The van der Waals surface area contributed by atoms with Gasteiger partial charge >= 0.3 is 6.01 Å². The molecule has 0 radical (unpaired) electrons. The van der Waals surface area contributed by atoms with E-state index in [4.69, 9.17) is 33.1 Å². The van der Waals surface area contributed by atoms with E-state index in [1.165, 1.54) is 5.57 Å². The summed E-state index contributed by atoms with van der Waals surface area (Å²) in [5.74, 6) is 0.485. The van der Waals surface area contributed by atoms with E-state index in [1.807, 2.05) is 6.07 Å². The van der Waals surface area contributed by atoms with E-state index in [0.717, 1.165) is 16.1 Å². The highest BCUT2D eigenvalue weighted by atomic mass is 16.7. The third kappa shape index (κ3) is 5.26. The van der Waals surface area contributed by atoms with Gasteiger partial charge in [-0.1, -0.05) is 32.8 Å². The van der Waals surface area contributed by atoms with Crippen LogP contribution in [0.15, 0.2) is 10.5 Å². The average Bonchev–Trinajstić information content (AvgIpc) is 3.58. The Hall–Kier alpha value is -2.37. The van der Waals surface area contributed by atoms with Crippen molar-refractivity contribution in [2.24, 2.45) is 11.3 Å². The normalized spacial score (nSPS) is 23.5. The summed E-state index contributed by atoms with van der Waals surface area (Å²) in [4.78, 5) is 5.02. The van der Waals surface area contributed by atoms with Gasteiger partial charge < -0.3 is 33.4 Å². The van der Waals surface area contributed by atoms with Gasteiger partial charge in [-0.25, -0.2) is 4.98 Å². The largest absolute Gasteiger partial charge is 0.402 e. The standard InChI is InChI=1S/C25H34N4O6/c1-14-10-17(23-28-29-24(35-23)26-12-19-30-6-7-31-19)27-22-16(14)11-18(15(2)21(22)25(3,4)5)34-13-20-32-8-9-33-20/h10-11,15,18-20H,6-9,12-13H2,1-5H3,(H,26,29). The highest BCUT2D eigenvalue weighted by molar-refractivity contribution is 5.61. The van der Waals surface area contributed by atoms with Gasteiger partial charge in [0, 0.05) is 11.1 Å². The van der Waals surface area contributed by atoms with Crippen LogP contribution in [-0.2, 0) is 23.7 Å². The number of anilines is 1. The molecule has 2 atom stereocenters. The number of nitrogens with zero attached hydrogens (tertiary/aromatic N) is 3. The number of pyridine rings is 1. The van der Waals surface area contributed by atoms with Gasteiger partial charge in [-0.2, -0.15) is 0 Å². The van der Waals surface area contributed by atoms with E-state index in [-0.39, 0.29) is 30.0 Å². The summed E-state index contributed by atoms with van der Waals surface area (Å²) >= 11 is 0. The quantitative estimate of drug-likeness (QED) is 0.620. The Kier molecular flexibility index (Phi) is 6.91. The molecule has 2 saturated heterocycles. The maximum atomic E-state index is 6.28. The molecule has 10 heteroatoms. The van der Waals surface area contributed by atoms with Crippen LogP contribution in [-0.4, -0.2) is 73.4 Å². The van der Waals surface area contributed by atoms with Crippen molar-refractivity contribution in [2.75, 3.05) is 44.9 Å². The molecule has 1 aliphatic carbocycles. The molecule has 190 valence electrons. The van der Waals surface area contributed by atoms with Crippen molar-refractivity contribution in [3.05, 3.63) is 22.2 Å². The highest BCUT2D eigenvalue weighted by Gasteiger charge is 2.33. The fourth-order valence-corrected chi connectivity index (χ4v) is 4.91. The van der Waals surface area contributed by atoms with Crippen molar-refractivity contribution < 1.29 is 28.1 Å².